The molecule has 0 saturated carbocycles. The number of anilines is 1. The summed E-state index contributed by atoms with van der Waals surface area (Å²) in [6, 6.07) is 4.58. The van der Waals surface area contributed by atoms with Crippen molar-refractivity contribution in [1.29, 1.82) is 0 Å². The molecule has 1 atom stereocenters. The highest BCUT2D eigenvalue weighted by Gasteiger charge is 2.25. The van der Waals surface area contributed by atoms with Crippen molar-refractivity contribution in [2.75, 3.05) is 29.5 Å². The number of hydrogen-bond acceptors (Lipinski definition) is 4. The summed E-state index contributed by atoms with van der Waals surface area (Å²) in [5, 5.41) is 9.63. The van der Waals surface area contributed by atoms with Crippen molar-refractivity contribution in [2.24, 2.45) is 0 Å². The number of sulfone groups is 1. The van der Waals surface area contributed by atoms with Gasteiger partial charge in [0.05, 0.1) is 17.6 Å². The summed E-state index contributed by atoms with van der Waals surface area (Å²) in [4.78, 5) is 1.81. The van der Waals surface area contributed by atoms with E-state index in [0.717, 1.165) is 0 Å². The number of benzene rings is 1. The van der Waals surface area contributed by atoms with Crippen molar-refractivity contribution in [3.8, 4) is 0 Å². The zero-order valence-corrected chi connectivity index (χ0v) is 11.0. The topological polar surface area (TPSA) is 57.6 Å². The van der Waals surface area contributed by atoms with Crippen LogP contribution in [0.25, 0.3) is 0 Å². The van der Waals surface area contributed by atoms with E-state index in [9.17, 15) is 17.9 Å². The van der Waals surface area contributed by atoms with Gasteiger partial charge in [0.25, 0.3) is 0 Å². The van der Waals surface area contributed by atoms with E-state index in [1.54, 1.807) is 12.1 Å². The molecule has 0 aliphatic carbocycles. The number of halogens is 1. The third-order valence-electron chi connectivity index (χ3n) is 3.13. The summed E-state index contributed by atoms with van der Waals surface area (Å²) in [5.41, 5.74) is 0.816. The van der Waals surface area contributed by atoms with E-state index in [1.165, 1.54) is 13.0 Å². The Balaban J connectivity index is 2.32. The van der Waals surface area contributed by atoms with Gasteiger partial charge >= 0.3 is 0 Å². The Morgan fingerprint density at radius 3 is 2.50 bits per heavy atom. The fourth-order valence-corrected chi connectivity index (χ4v) is 3.37. The lowest BCUT2D eigenvalue weighted by Gasteiger charge is -2.31. The van der Waals surface area contributed by atoms with Crippen LogP contribution in [0, 0.1) is 5.82 Å². The van der Waals surface area contributed by atoms with Crippen LogP contribution in [0.4, 0.5) is 10.1 Å². The van der Waals surface area contributed by atoms with Gasteiger partial charge in [0, 0.05) is 24.3 Å². The molecule has 1 aliphatic rings. The Morgan fingerprint density at radius 1 is 1.33 bits per heavy atom. The van der Waals surface area contributed by atoms with Crippen molar-refractivity contribution >= 4 is 15.5 Å². The lowest BCUT2D eigenvalue weighted by Crippen LogP contribution is -2.40. The minimum Gasteiger partial charge on any atom is -0.389 e. The van der Waals surface area contributed by atoms with E-state index in [4.69, 9.17) is 0 Å². The molecule has 1 heterocycles. The van der Waals surface area contributed by atoms with Gasteiger partial charge in [-0.2, -0.15) is 0 Å². The van der Waals surface area contributed by atoms with E-state index in [2.05, 4.69) is 0 Å². The maximum atomic E-state index is 13.7. The Bertz CT molecular complexity index is 528. The van der Waals surface area contributed by atoms with Gasteiger partial charge in [-0.25, -0.2) is 12.8 Å². The standard InChI is InChI=1S/C12H16FNO3S/c1-9(15)12-10(13)3-2-4-11(12)14-5-7-18(16,17)8-6-14/h2-4,9,15H,5-8H2,1H3/t9-/m1/s1. The second kappa shape index (κ2) is 4.85. The van der Waals surface area contributed by atoms with Crippen LogP contribution in [-0.4, -0.2) is 38.1 Å². The molecule has 100 valence electrons. The molecule has 0 amide bonds. The van der Waals surface area contributed by atoms with Crippen LogP contribution in [0.5, 0.6) is 0 Å². The smallest absolute Gasteiger partial charge is 0.153 e. The first-order valence-electron chi connectivity index (χ1n) is 5.82. The van der Waals surface area contributed by atoms with E-state index >= 15 is 0 Å². The third-order valence-corrected chi connectivity index (χ3v) is 4.74. The zero-order chi connectivity index (χ0) is 13.3. The van der Waals surface area contributed by atoms with E-state index in [1.807, 2.05) is 4.90 Å². The number of rotatable bonds is 2. The predicted octanol–water partition coefficient (Wildman–Crippen LogP) is 1.11. The molecule has 18 heavy (non-hydrogen) atoms. The van der Waals surface area contributed by atoms with Crippen LogP contribution in [-0.2, 0) is 9.84 Å². The Hall–Kier alpha value is -1.14. The highest BCUT2D eigenvalue weighted by Crippen LogP contribution is 2.29. The van der Waals surface area contributed by atoms with Crippen LogP contribution >= 0.6 is 0 Å². The summed E-state index contributed by atoms with van der Waals surface area (Å²) >= 11 is 0. The Labute approximate surface area is 106 Å². The monoisotopic (exact) mass is 273 g/mol. The molecule has 6 heteroatoms. The SMILES string of the molecule is C[C@@H](O)c1c(F)cccc1N1CCS(=O)(=O)CC1. The molecule has 1 aliphatic heterocycles. The number of aliphatic hydroxyl groups excluding tert-OH is 1. The highest BCUT2D eigenvalue weighted by molar-refractivity contribution is 7.91. The second-order valence-electron chi connectivity index (χ2n) is 4.49. The molecule has 0 bridgehead atoms. The van der Waals surface area contributed by atoms with Gasteiger partial charge in [0.2, 0.25) is 0 Å². The van der Waals surface area contributed by atoms with Crippen molar-refractivity contribution in [3.63, 3.8) is 0 Å². The molecule has 1 fully saturated rings. The molecule has 0 spiro atoms. The molecular weight excluding hydrogens is 257 g/mol. The van der Waals surface area contributed by atoms with Crippen LogP contribution in [0.15, 0.2) is 18.2 Å². The number of hydrogen-bond donors (Lipinski definition) is 1. The van der Waals surface area contributed by atoms with Crippen LogP contribution in [0.3, 0.4) is 0 Å². The third kappa shape index (κ3) is 2.64. The van der Waals surface area contributed by atoms with Gasteiger partial charge in [-0.3, -0.25) is 0 Å². The molecular formula is C12H16FNO3S. The van der Waals surface area contributed by atoms with Gasteiger partial charge in [-0.1, -0.05) is 6.07 Å². The summed E-state index contributed by atoms with van der Waals surface area (Å²) in [5.74, 6) is -0.318. The number of nitrogens with zero attached hydrogens (tertiary/aromatic N) is 1. The molecule has 2 rings (SSSR count). The summed E-state index contributed by atoms with van der Waals surface area (Å²) in [6.07, 6.45) is -0.917. The van der Waals surface area contributed by atoms with Crippen molar-refractivity contribution in [1.82, 2.24) is 0 Å². The molecule has 0 aromatic heterocycles. The highest BCUT2D eigenvalue weighted by atomic mass is 32.2. The zero-order valence-electron chi connectivity index (χ0n) is 10.1. The maximum Gasteiger partial charge on any atom is 0.153 e. The average Bonchev–Trinajstić information content (AvgIpc) is 2.28. The van der Waals surface area contributed by atoms with Gasteiger partial charge in [0.1, 0.15) is 5.82 Å². The molecule has 1 aromatic rings. The predicted molar refractivity (Wildman–Crippen MR) is 67.9 cm³/mol. The Morgan fingerprint density at radius 2 is 1.94 bits per heavy atom. The fraction of sp³-hybridized carbons (Fsp3) is 0.500. The molecule has 1 N–H and O–H groups in total. The first kappa shape index (κ1) is 13.3. The first-order chi connectivity index (χ1) is 8.41. The van der Waals surface area contributed by atoms with E-state index in [0.29, 0.717) is 18.8 Å². The lowest BCUT2D eigenvalue weighted by molar-refractivity contribution is 0.194. The van der Waals surface area contributed by atoms with Crippen LogP contribution < -0.4 is 4.90 Å². The average molecular weight is 273 g/mol. The molecule has 0 unspecified atom stereocenters. The normalized spacial score (nSPS) is 20.7. The Kier molecular flexibility index (Phi) is 3.59. The van der Waals surface area contributed by atoms with Crippen LogP contribution in [0.1, 0.15) is 18.6 Å². The van der Waals surface area contributed by atoms with E-state index < -0.39 is 21.8 Å². The van der Waals surface area contributed by atoms with Crippen molar-refractivity contribution < 1.29 is 17.9 Å². The molecule has 1 saturated heterocycles. The minimum absolute atomic E-state index is 0.0722. The first-order valence-corrected chi connectivity index (χ1v) is 7.65. The second-order valence-corrected chi connectivity index (χ2v) is 6.79. The quantitative estimate of drug-likeness (QED) is 0.877. The van der Waals surface area contributed by atoms with Crippen molar-refractivity contribution in [2.45, 2.75) is 13.0 Å². The van der Waals surface area contributed by atoms with Gasteiger partial charge in [0.15, 0.2) is 9.84 Å². The van der Waals surface area contributed by atoms with Gasteiger partial charge < -0.3 is 10.0 Å². The fourth-order valence-electron chi connectivity index (χ4n) is 2.17. The number of aliphatic hydroxyl groups is 1. The summed E-state index contributed by atoms with van der Waals surface area (Å²) in [7, 11) is -2.96. The van der Waals surface area contributed by atoms with E-state index in [-0.39, 0.29) is 17.1 Å². The molecule has 1 aromatic carbocycles. The van der Waals surface area contributed by atoms with Crippen LogP contribution in [0.2, 0.25) is 0 Å². The minimum atomic E-state index is -2.96. The molecule has 0 radical (unpaired) electrons. The van der Waals surface area contributed by atoms with Crippen molar-refractivity contribution in [3.05, 3.63) is 29.6 Å². The molecule has 4 nitrogen and oxygen atoms in total. The van der Waals surface area contributed by atoms with Gasteiger partial charge in [-0.15, -0.1) is 0 Å². The van der Waals surface area contributed by atoms with Gasteiger partial charge in [-0.05, 0) is 19.1 Å². The summed E-state index contributed by atoms with van der Waals surface area (Å²) in [6.45, 7) is 2.18. The summed E-state index contributed by atoms with van der Waals surface area (Å²) < 4.78 is 36.4. The largest absolute Gasteiger partial charge is 0.389 e. The lowest BCUT2D eigenvalue weighted by atomic mass is 10.1. The maximum absolute atomic E-state index is 13.7.